The second kappa shape index (κ2) is 7.17. The molecule has 0 amide bonds. The Morgan fingerprint density at radius 2 is 1.95 bits per heavy atom. The summed E-state index contributed by atoms with van der Waals surface area (Å²) in [5.74, 6) is 3.33. The maximum Gasteiger partial charge on any atom is 0.327 e. The van der Waals surface area contributed by atoms with Crippen LogP contribution >= 0.6 is 11.8 Å². The van der Waals surface area contributed by atoms with Gasteiger partial charge in [-0.2, -0.15) is 11.8 Å². The average molecular weight is 299 g/mol. The highest BCUT2D eigenvalue weighted by atomic mass is 32.2. The molecule has 0 spiro atoms. The third kappa shape index (κ3) is 3.91. The minimum atomic E-state index is -0.452. The molecule has 1 N–H and O–H groups in total. The Hall–Kier alpha value is -0.220. The lowest BCUT2D eigenvalue weighted by atomic mass is 9.94. The number of ether oxygens (including phenoxy) is 1. The summed E-state index contributed by atoms with van der Waals surface area (Å²) in [4.78, 5) is 12.4. The average Bonchev–Trinajstić information content (AvgIpc) is 3.15. The van der Waals surface area contributed by atoms with Crippen molar-refractivity contribution >= 4 is 17.7 Å². The Labute approximate surface area is 127 Å². The van der Waals surface area contributed by atoms with Crippen molar-refractivity contribution in [2.45, 2.75) is 64.0 Å². The van der Waals surface area contributed by atoms with Gasteiger partial charge in [-0.05, 0) is 57.1 Å². The summed E-state index contributed by atoms with van der Waals surface area (Å²) in [6.45, 7) is 4.23. The number of hydrogen-bond acceptors (Lipinski definition) is 4. The van der Waals surface area contributed by atoms with Crippen LogP contribution in [0.3, 0.4) is 0 Å². The quantitative estimate of drug-likeness (QED) is 0.698. The van der Waals surface area contributed by atoms with Crippen LogP contribution in [-0.2, 0) is 9.53 Å². The van der Waals surface area contributed by atoms with Gasteiger partial charge in [0.2, 0.25) is 0 Å². The topological polar surface area (TPSA) is 38.3 Å². The normalized spacial score (nSPS) is 23.0. The van der Waals surface area contributed by atoms with E-state index in [1.807, 2.05) is 11.8 Å². The van der Waals surface area contributed by atoms with E-state index in [0.29, 0.717) is 12.0 Å². The van der Waals surface area contributed by atoms with Crippen LogP contribution in [0, 0.1) is 11.8 Å². The molecule has 2 rings (SSSR count). The fourth-order valence-electron chi connectivity index (χ4n) is 3.40. The summed E-state index contributed by atoms with van der Waals surface area (Å²) >= 11 is 1.95. The smallest absolute Gasteiger partial charge is 0.327 e. The van der Waals surface area contributed by atoms with Gasteiger partial charge < -0.3 is 4.74 Å². The van der Waals surface area contributed by atoms with Gasteiger partial charge in [0.15, 0.2) is 0 Å². The van der Waals surface area contributed by atoms with E-state index < -0.39 is 5.54 Å². The molecule has 0 aromatic heterocycles. The molecule has 2 aliphatic carbocycles. The molecule has 0 aromatic carbocycles. The third-order valence-corrected chi connectivity index (χ3v) is 5.89. The van der Waals surface area contributed by atoms with Crippen molar-refractivity contribution in [1.29, 1.82) is 0 Å². The van der Waals surface area contributed by atoms with Crippen molar-refractivity contribution in [2.75, 3.05) is 18.6 Å². The van der Waals surface area contributed by atoms with E-state index >= 15 is 0 Å². The molecule has 1 atom stereocenters. The number of rotatable bonds is 8. The van der Waals surface area contributed by atoms with Crippen LogP contribution in [0.4, 0.5) is 0 Å². The van der Waals surface area contributed by atoms with Crippen LogP contribution in [-0.4, -0.2) is 36.2 Å². The fourth-order valence-corrected chi connectivity index (χ4v) is 4.94. The summed E-state index contributed by atoms with van der Waals surface area (Å²) in [7, 11) is 1.52. The molecule has 20 heavy (non-hydrogen) atoms. The fraction of sp³-hybridized carbons (Fsp3) is 0.938. The second-order valence-electron chi connectivity index (χ2n) is 6.70. The van der Waals surface area contributed by atoms with Gasteiger partial charge in [0, 0.05) is 11.8 Å². The third-order valence-electron chi connectivity index (χ3n) is 4.53. The summed E-state index contributed by atoms with van der Waals surface area (Å²) < 4.78 is 5.13. The number of esters is 1. The van der Waals surface area contributed by atoms with Crippen LogP contribution in [0.15, 0.2) is 0 Å². The number of thioether (sulfide) groups is 1. The van der Waals surface area contributed by atoms with Crippen molar-refractivity contribution in [3.63, 3.8) is 0 Å². The van der Waals surface area contributed by atoms with Crippen LogP contribution < -0.4 is 5.32 Å². The molecule has 1 unspecified atom stereocenters. The van der Waals surface area contributed by atoms with Crippen LogP contribution in [0.5, 0.6) is 0 Å². The zero-order valence-corrected chi connectivity index (χ0v) is 13.9. The lowest BCUT2D eigenvalue weighted by Gasteiger charge is -2.34. The highest BCUT2D eigenvalue weighted by molar-refractivity contribution is 7.99. The Balaban J connectivity index is 1.94. The standard InChI is InChI=1S/C16H29NO2S/c1-12(2)17-16(14-8-9-14,15(18)19-3)11-20-10-13-6-4-5-7-13/h12-14,17H,4-11H2,1-3H3. The summed E-state index contributed by atoms with van der Waals surface area (Å²) in [5, 5.41) is 3.54. The number of carbonyl (C=O) groups excluding carboxylic acids is 1. The molecule has 0 heterocycles. The predicted octanol–water partition coefficient (Wildman–Crippen LogP) is 3.23. The molecular formula is C16H29NO2S. The number of methoxy groups -OCH3 is 1. The number of carbonyl (C=O) groups is 1. The monoisotopic (exact) mass is 299 g/mol. The minimum Gasteiger partial charge on any atom is -0.468 e. The van der Waals surface area contributed by atoms with Gasteiger partial charge in [0.25, 0.3) is 0 Å². The molecule has 116 valence electrons. The van der Waals surface area contributed by atoms with Crippen molar-refractivity contribution in [2.24, 2.45) is 11.8 Å². The van der Waals surface area contributed by atoms with Crippen LogP contribution in [0.25, 0.3) is 0 Å². The van der Waals surface area contributed by atoms with Crippen LogP contribution in [0.1, 0.15) is 52.4 Å². The highest BCUT2D eigenvalue weighted by Gasteiger charge is 2.51. The van der Waals surface area contributed by atoms with E-state index in [9.17, 15) is 4.79 Å². The zero-order chi connectivity index (χ0) is 14.6. The summed E-state index contributed by atoms with van der Waals surface area (Å²) in [6, 6.07) is 0.307. The van der Waals surface area contributed by atoms with Crippen molar-refractivity contribution < 1.29 is 9.53 Å². The first-order chi connectivity index (χ1) is 9.58. The Morgan fingerprint density at radius 1 is 1.30 bits per heavy atom. The van der Waals surface area contributed by atoms with E-state index in [4.69, 9.17) is 4.74 Å². The van der Waals surface area contributed by atoms with Gasteiger partial charge in [0.05, 0.1) is 7.11 Å². The van der Waals surface area contributed by atoms with Crippen molar-refractivity contribution in [3.05, 3.63) is 0 Å². The van der Waals surface area contributed by atoms with Gasteiger partial charge in [0.1, 0.15) is 5.54 Å². The molecular weight excluding hydrogens is 270 g/mol. The molecule has 2 saturated carbocycles. The summed E-state index contributed by atoms with van der Waals surface area (Å²) in [5.41, 5.74) is -0.452. The molecule has 0 saturated heterocycles. The maximum absolute atomic E-state index is 12.4. The van der Waals surface area contributed by atoms with E-state index in [-0.39, 0.29) is 5.97 Å². The van der Waals surface area contributed by atoms with Gasteiger partial charge in [-0.25, -0.2) is 0 Å². The maximum atomic E-state index is 12.4. The summed E-state index contributed by atoms with van der Waals surface area (Å²) in [6.07, 6.45) is 7.83. The Kier molecular flexibility index (Phi) is 5.79. The van der Waals surface area contributed by atoms with E-state index in [0.717, 1.165) is 24.5 Å². The first-order valence-corrected chi connectivity index (χ1v) is 9.18. The van der Waals surface area contributed by atoms with E-state index in [1.165, 1.54) is 38.5 Å². The SMILES string of the molecule is COC(=O)C(CSCC1CCCC1)(NC(C)C)C1CC1. The molecule has 2 aliphatic rings. The van der Waals surface area contributed by atoms with Crippen molar-refractivity contribution in [1.82, 2.24) is 5.32 Å². The van der Waals surface area contributed by atoms with E-state index in [1.54, 1.807) is 0 Å². The van der Waals surface area contributed by atoms with Gasteiger partial charge in [-0.15, -0.1) is 0 Å². The van der Waals surface area contributed by atoms with Crippen LogP contribution in [0.2, 0.25) is 0 Å². The molecule has 3 nitrogen and oxygen atoms in total. The Morgan fingerprint density at radius 3 is 2.45 bits per heavy atom. The van der Waals surface area contributed by atoms with E-state index in [2.05, 4.69) is 19.2 Å². The molecule has 0 radical (unpaired) electrons. The molecule has 0 bridgehead atoms. The zero-order valence-electron chi connectivity index (χ0n) is 13.1. The minimum absolute atomic E-state index is 0.0624. The van der Waals surface area contributed by atoms with Gasteiger partial charge in [-0.3, -0.25) is 10.1 Å². The number of nitrogens with one attached hydrogen (secondary N) is 1. The van der Waals surface area contributed by atoms with Crippen molar-refractivity contribution in [3.8, 4) is 0 Å². The second-order valence-corrected chi connectivity index (χ2v) is 7.73. The predicted molar refractivity (Wildman–Crippen MR) is 85.0 cm³/mol. The lowest BCUT2D eigenvalue weighted by molar-refractivity contribution is -0.148. The first kappa shape index (κ1) is 16.2. The first-order valence-electron chi connectivity index (χ1n) is 8.02. The molecule has 0 aliphatic heterocycles. The highest BCUT2D eigenvalue weighted by Crippen LogP contribution is 2.43. The molecule has 0 aromatic rings. The largest absolute Gasteiger partial charge is 0.468 e. The molecule has 2 fully saturated rings. The van der Waals surface area contributed by atoms with Gasteiger partial charge in [-0.1, -0.05) is 12.8 Å². The Bertz CT molecular complexity index is 324. The lowest BCUT2D eigenvalue weighted by Crippen LogP contribution is -2.59. The van der Waals surface area contributed by atoms with Gasteiger partial charge >= 0.3 is 5.97 Å². The molecule has 4 heteroatoms. The number of hydrogen-bond donors (Lipinski definition) is 1.